The Morgan fingerprint density at radius 2 is 1.96 bits per heavy atom. The number of pyridine rings is 1. The van der Waals surface area contributed by atoms with Gasteiger partial charge in [-0.1, -0.05) is 0 Å². The van der Waals surface area contributed by atoms with Crippen molar-refractivity contribution < 1.29 is 27.6 Å². The van der Waals surface area contributed by atoms with E-state index in [9.17, 15) is 27.6 Å². The number of hydrogen-bond acceptors (Lipinski definition) is 7. The van der Waals surface area contributed by atoms with Crippen LogP contribution in [0.3, 0.4) is 0 Å². The molecule has 0 saturated carbocycles. The summed E-state index contributed by atoms with van der Waals surface area (Å²) in [6.45, 7) is 0. The Labute approximate surface area is 154 Å². The highest BCUT2D eigenvalue weighted by Gasteiger charge is 2.31. The SMILES string of the molecule is O=C1NC(=O)/C(=C/c2ccnc(CC(=O)c3ccc(C(F)(F)F)cn3)n2)S1. The van der Waals surface area contributed by atoms with Gasteiger partial charge >= 0.3 is 6.18 Å². The van der Waals surface area contributed by atoms with E-state index in [1.54, 1.807) is 0 Å². The molecule has 0 atom stereocenters. The summed E-state index contributed by atoms with van der Waals surface area (Å²) in [4.78, 5) is 46.6. The number of nitrogens with one attached hydrogen (secondary N) is 1. The second-order valence-corrected chi connectivity index (χ2v) is 6.29. The monoisotopic (exact) mass is 394 g/mol. The van der Waals surface area contributed by atoms with Gasteiger partial charge in [0.15, 0.2) is 5.78 Å². The number of carbonyl (C=O) groups is 3. The van der Waals surface area contributed by atoms with Crippen molar-refractivity contribution in [3.05, 3.63) is 58.3 Å². The van der Waals surface area contributed by atoms with Crippen molar-refractivity contribution in [3.63, 3.8) is 0 Å². The first-order valence-corrected chi connectivity index (χ1v) is 8.17. The van der Waals surface area contributed by atoms with Crippen LogP contribution in [0.5, 0.6) is 0 Å². The van der Waals surface area contributed by atoms with Crippen LogP contribution in [0.2, 0.25) is 0 Å². The van der Waals surface area contributed by atoms with Gasteiger partial charge in [0.05, 0.1) is 22.6 Å². The Bertz CT molecular complexity index is 958. The number of ketones is 1. The fraction of sp³-hybridized carbons (Fsp3) is 0.125. The van der Waals surface area contributed by atoms with Crippen molar-refractivity contribution in [3.8, 4) is 0 Å². The van der Waals surface area contributed by atoms with Crippen molar-refractivity contribution in [1.29, 1.82) is 0 Å². The summed E-state index contributed by atoms with van der Waals surface area (Å²) in [6.07, 6.45) is -1.50. The number of alkyl halides is 3. The van der Waals surface area contributed by atoms with Crippen molar-refractivity contribution in [2.24, 2.45) is 0 Å². The minimum absolute atomic E-state index is 0.103. The van der Waals surface area contributed by atoms with Crippen LogP contribution in [-0.4, -0.2) is 31.9 Å². The van der Waals surface area contributed by atoms with E-state index in [0.717, 1.165) is 23.9 Å². The number of Topliss-reactive ketones (excluding diaryl/α,β-unsaturated/α-hetero) is 1. The van der Waals surface area contributed by atoms with E-state index in [1.165, 1.54) is 18.3 Å². The molecular weight excluding hydrogens is 385 g/mol. The first kappa shape index (κ1) is 18.7. The Balaban J connectivity index is 1.74. The lowest BCUT2D eigenvalue weighted by molar-refractivity contribution is -0.137. The normalized spacial score (nSPS) is 15.9. The van der Waals surface area contributed by atoms with E-state index in [0.29, 0.717) is 11.9 Å². The van der Waals surface area contributed by atoms with Crippen LogP contribution in [0.25, 0.3) is 6.08 Å². The molecule has 1 N–H and O–H groups in total. The van der Waals surface area contributed by atoms with Crippen LogP contribution in [0.15, 0.2) is 35.5 Å². The molecule has 3 heterocycles. The van der Waals surface area contributed by atoms with Gasteiger partial charge in [0.25, 0.3) is 11.1 Å². The molecule has 2 aromatic heterocycles. The molecule has 2 amide bonds. The lowest BCUT2D eigenvalue weighted by Gasteiger charge is -2.06. The Morgan fingerprint density at radius 3 is 2.56 bits per heavy atom. The van der Waals surface area contributed by atoms with Gasteiger partial charge in [0, 0.05) is 12.4 Å². The molecule has 2 aromatic rings. The third-order valence-electron chi connectivity index (χ3n) is 3.34. The van der Waals surface area contributed by atoms with Crippen molar-refractivity contribution in [2.75, 3.05) is 0 Å². The van der Waals surface area contributed by atoms with Gasteiger partial charge in [-0.15, -0.1) is 0 Å². The maximum atomic E-state index is 12.5. The summed E-state index contributed by atoms with van der Waals surface area (Å²) in [5, 5.41) is 1.61. The van der Waals surface area contributed by atoms with Gasteiger partial charge in [0.1, 0.15) is 11.5 Å². The molecule has 1 aliphatic rings. The molecule has 1 saturated heterocycles. The first-order valence-electron chi connectivity index (χ1n) is 7.35. The highest BCUT2D eigenvalue weighted by molar-refractivity contribution is 8.18. The molecule has 27 heavy (non-hydrogen) atoms. The zero-order chi connectivity index (χ0) is 19.6. The smallest absolute Gasteiger partial charge is 0.292 e. The molecule has 0 spiro atoms. The summed E-state index contributed by atoms with van der Waals surface area (Å²) in [7, 11) is 0. The maximum Gasteiger partial charge on any atom is 0.417 e. The topological polar surface area (TPSA) is 102 Å². The van der Waals surface area contributed by atoms with Gasteiger partial charge < -0.3 is 0 Å². The number of aromatic nitrogens is 3. The summed E-state index contributed by atoms with van der Waals surface area (Å²) in [6, 6.07) is 3.24. The summed E-state index contributed by atoms with van der Waals surface area (Å²) >= 11 is 0.721. The lowest BCUT2D eigenvalue weighted by atomic mass is 10.1. The largest absolute Gasteiger partial charge is 0.417 e. The Hall–Kier alpha value is -3.08. The van der Waals surface area contributed by atoms with E-state index in [2.05, 4.69) is 20.3 Å². The van der Waals surface area contributed by atoms with Crippen LogP contribution in [0, 0.1) is 0 Å². The summed E-state index contributed by atoms with van der Waals surface area (Å²) < 4.78 is 37.6. The van der Waals surface area contributed by atoms with Crippen molar-refractivity contribution in [1.82, 2.24) is 20.3 Å². The van der Waals surface area contributed by atoms with Crippen LogP contribution in [0.1, 0.15) is 27.6 Å². The average Bonchev–Trinajstić information content (AvgIpc) is 2.91. The standard InChI is InChI=1S/C16H9F3N4O3S/c17-16(18,19)8-1-2-10(21-7-8)11(24)6-13-20-4-3-9(22-13)5-12-14(25)23-15(26)27-12/h1-5,7H,6H2,(H,23,25,26)/b12-5-. The van der Waals surface area contributed by atoms with Crippen LogP contribution < -0.4 is 5.32 Å². The number of hydrogen-bond donors (Lipinski definition) is 1. The highest BCUT2D eigenvalue weighted by Crippen LogP contribution is 2.28. The fourth-order valence-corrected chi connectivity index (χ4v) is 2.76. The molecule has 7 nitrogen and oxygen atoms in total. The minimum atomic E-state index is -4.54. The predicted molar refractivity (Wildman–Crippen MR) is 88.4 cm³/mol. The molecule has 0 radical (unpaired) electrons. The molecule has 1 aliphatic heterocycles. The van der Waals surface area contributed by atoms with E-state index < -0.39 is 28.7 Å². The molecule has 11 heteroatoms. The van der Waals surface area contributed by atoms with Gasteiger partial charge in [0.2, 0.25) is 0 Å². The van der Waals surface area contributed by atoms with Crippen LogP contribution >= 0.6 is 11.8 Å². The average molecular weight is 394 g/mol. The van der Waals surface area contributed by atoms with Crippen molar-refractivity contribution in [2.45, 2.75) is 12.6 Å². The van der Waals surface area contributed by atoms with Crippen LogP contribution in [0.4, 0.5) is 18.0 Å². The second kappa shape index (κ2) is 7.27. The van der Waals surface area contributed by atoms with Crippen molar-refractivity contribution >= 4 is 34.8 Å². The molecular formula is C16H9F3N4O3S. The van der Waals surface area contributed by atoms with Crippen LogP contribution in [-0.2, 0) is 17.4 Å². The minimum Gasteiger partial charge on any atom is -0.292 e. The highest BCUT2D eigenvalue weighted by atomic mass is 32.2. The zero-order valence-electron chi connectivity index (χ0n) is 13.3. The number of rotatable bonds is 4. The molecule has 0 aliphatic carbocycles. The number of nitrogens with zero attached hydrogens (tertiary/aromatic N) is 3. The predicted octanol–water partition coefficient (Wildman–Crippen LogP) is 2.64. The molecule has 3 rings (SSSR count). The number of thioether (sulfide) groups is 1. The Kier molecular flexibility index (Phi) is 5.04. The third kappa shape index (κ3) is 4.56. The molecule has 138 valence electrons. The third-order valence-corrected chi connectivity index (χ3v) is 4.15. The molecule has 0 unspecified atom stereocenters. The maximum absolute atomic E-state index is 12.5. The Morgan fingerprint density at radius 1 is 1.19 bits per heavy atom. The fourth-order valence-electron chi connectivity index (χ4n) is 2.10. The first-order chi connectivity index (χ1) is 12.7. The van der Waals surface area contributed by atoms with E-state index in [4.69, 9.17) is 0 Å². The molecule has 1 fully saturated rings. The van der Waals surface area contributed by atoms with E-state index >= 15 is 0 Å². The number of carbonyl (C=O) groups excluding carboxylic acids is 3. The van der Waals surface area contributed by atoms with E-state index in [1.807, 2.05) is 0 Å². The molecule has 0 aromatic carbocycles. The molecule has 0 bridgehead atoms. The van der Waals surface area contributed by atoms with Gasteiger partial charge in [-0.2, -0.15) is 13.2 Å². The lowest BCUT2D eigenvalue weighted by Crippen LogP contribution is -2.17. The second-order valence-electron chi connectivity index (χ2n) is 5.28. The summed E-state index contributed by atoms with van der Waals surface area (Å²) in [5.41, 5.74) is -0.794. The van der Waals surface area contributed by atoms with Gasteiger partial charge in [-0.05, 0) is 36.0 Å². The van der Waals surface area contributed by atoms with Gasteiger partial charge in [-0.25, -0.2) is 9.97 Å². The van der Waals surface area contributed by atoms with E-state index in [-0.39, 0.29) is 22.8 Å². The zero-order valence-corrected chi connectivity index (χ0v) is 14.1. The summed E-state index contributed by atoms with van der Waals surface area (Å²) in [5.74, 6) is -1.00. The quantitative estimate of drug-likeness (QED) is 0.628. The number of halogens is 3. The number of amides is 2. The number of imide groups is 1. The van der Waals surface area contributed by atoms with Gasteiger partial charge in [-0.3, -0.25) is 24.7 Å².